The largest absolute Gasteiger partial charge is 0.455 e. The molecule has 0 aromatic heterocycles. The van der Waals surface area contributed by atoms with Crippen LogP contribution in [0, 0.1) is 13.8 Å². The molecule has 0 bridgehead atoms. The fourth-order valence-corrected chi connectivity index (χ4v) is 2.23. The Morgan fingerprint density at radius 1 is 1.09 bits per heavy atom. The minimum Gasteiger partial charge on any atom is -0.455 e. The quantitative estimate of drug-likeness (QED) is 0.850. The van der Waals surface area contributed by atoms with E-state index in [2.05, 4.69) is 5.32 Å². The molecular formula is C18H18ClNO3. The molecule has 0 saturated carbocycles. The molecule has 2 rings (SSSR count). The SMILES string of the molecule is Cc1ccc(NC(=O)COC(=O)Cc2ccc(Cl)cc2)c(C)c1. The van der Waals surface area contributed by atoms with Gasteiger partial charge in [0.05, 0.1) is 6.42 Å². The average Bonchev–Trinajstić information content (AvgIpc) is 2.50. The van der Waals surface area contributed by atoms with Crippen molar-refractivity contribution in [1.29, 1.82) is 0 Å². The smallest absolute Gasteiger partial charge is 0.310 e. The van der Waals surface area contributed by atoms with E-state index in [1.165, 1.54) is 0 Å². The predicted octanol–water partition coefficient (Wildman–Crippen LogP) is 3.68. The van der Waals surface area contributed by atoms with Gasteiger partial charge in [0, 0.05) is 10.7 Å². The Morgan fingerprint density at radius 2 is 1.78 bits per heavy atom. The minimum atomic E-state index is -0.455. The van der Waals surface area contributed by atoms with E-state index in [0.717, 1.165) is 16.7 Å². The Hall–Kier alpha value is -2.33. The molecule has 1 N–H and O–H groups in total. The second-order valence-electron chi connectivity index (χ2n) is 5.33. The lowest BCUT2D eigenvalue weighted by atomic mass is 10.1. The summed E-state index contributed by atoms with van der Waals surface area (Å²) in [5.74, 6) is -0.815. The molecule has 0 aliphatic rings. The molecule has 0 fully saturated rings. The second-order valence-corrected chi connectivity index (χ2v) is 5.77. The van der Waals surface area contributed by atoms with Gasteiger partial charge in [0.15, 0.2) is 6.61 Å². The summed E-state index contributed by atoms with van der Waals surface area (Å²) in [6, 6.07) is 12.6. The molecule has 2 aromatic carbocycles. The van der Waals surface area contributed by atoms with Crippen LogP contribution in [0.5, 0.6) is 0 Å². The second kappa shape index (κ2) is 7.79. The van der Waals surface area contributed by atoms with Gasteiger partial charge in [-0.2, -0.15) is 0 Å². The highest BCUT2D eigenvalue weighted by molar-refractivity contribution is 6.30. The molecule has 23 heavy (non-hydrogen) atoms. The molecule has 0 unspecified atom stereocenters. The molecule has 5 heteroatoms. The van der Waals surface area contributed by atoms with Gasteiger partial charge < -0.3 is 10.1 Å². The van der Waals surface area contributed by atoms with Gasteiger partial charge in [-0.25, -0.2) is 0 Å². The van der Waals surface area contributed by atoms with E-state index in [-0.39, 0.29) is 18.9 Å². The number of aryl methyl sites for hydroxylation is 2. The molecule has 0 saturated heterocycles. The van der Waals surface area contributed by atoms with Crippen LogP contribution in [0.15, 0.2) is 42.5 Å². The highest BCUT2D eigenvalue weighted by atomic mass is 35.5. The van der Waals surface area contributed by atoms with Crippen molar-refractivity contribution in [1.82, 2.24) is 0 Å². The van der Waals surface area contributed by atoms with Gasteiger partial charge in [-0.1, -0.05) is 41.4 Å². The normalized spacial score (nSPS) is 10.2. The Kier molecular flexibility index (Phi) is 5.77. The van der Waals surface area contributed by atoms with Crippen LogP contribution < -0.4 is 5.32 Å². The van der Waals surface area contributed by atoms with Crippen molar-refractivity contribution in [3.05, 3.63) is 64.2 Å². The van der Waals surface area contributed by atoms with Crippen LogP contribution in [0.4, 0.5) is 5.69 Å². The predicted molar refractivity (Wildman–Crippen MR) is 90.7 cm³/mol. The number of rotatable bonds is 5. The van der Waals surface area contributed by atoms with Crippen molar-refractivity contribution < 1.29 is 14.3 Å². The third-order valence-electron chi connectivity index (χ3n) is 3.28. The standard InChI is InChI=1S/C18H18ClNO3/c1-12-3-8-16(13(2)9-12)20-17(21)11-23-18(22)10-14-4-6-15(19)7-5-14/h3-9H,10-11H2,1-2H3,(H,20,21). The molecule has 2 aromatic rings. The number of halogens is 1. The number of esters is 1. The number of amides is 1. The Morgan fingerprint density at radius 3 is 2.43 bits per heavy atom. The lowest BCUT2D eigenvalue weighted by Gasteiger charge is -2.09. The van der Waals surface area contributed by atoms with Crippen molar-refractivity contribution in [2.75, 3.05) is 11.9 Å². The first-order valence-electron chi connectivity index (χ1n) is 7.21. The number of carbonyl (C=O) groups is 2. The van der Waals surface area contributed by atoms with E-state index < -0.39 is 5.97 Å². The number of ether oxygens (including phenoxy) is 1. The van der Waals surface area contributed by atoms with E-state index in [0.29, 0.717) is 10.7 Å². The van der Waals surface area contributed by atoms with E-state index in [4.69, 9.17) is 16.3 Å². The first-order chi connectivity index (χ1) is 10.9. The Balaban J connectivity index is 1.81. The van der Waals surface area contributed by atoms with Crippen LogP contribution in [-0.2, 0) is 20.7 Å². The Labute approximate surface area is 140 Å². The molecule has 0 aliphatic heterocycles. The molecule has 0 radical (unpaired) electrons. The highest BCUT2D eigenvalue weighted by Gasteiger charge is 2.10. The van der Waals surface area contributed by atoms with Crippen LogP contribution in [0.3, 0.4) is 0 Å². The number of hydrogen-bond donors (Lipinski definition) is 1. The third kappa shape index (κ3) is 5.42. The fraction of sp³-hybridized carbons (Fsp3) is 0.222. The monoisotopic (exact) mass is 331 g/mol. The summed E-state index contributed by atoms with van der Waals surface area (Å²) in [5.41, 5.74) is 3.59. The summed E-state index contributed by atoms with van der Waals surface area (Å²) in [7, 11) is 0. The van der Waals surface area contributed by atoms with Crippen molar-refractivity contribution in [2.24, 2.45) is 0 Å². The topological polar surface area (TPSA) is 55.4 Å². The molecule has 4 nitrogen and oxygen atoms in total. The van der Waals surface area contributed by atoms with Gasteiger partial charge in [-0.3, -0.25) is 9.59 Å². The highest BCUT2D eigenvalue weighted by Crippen LogP contribution is 2.16. The summed E-state index contributed by atoms with van der Waals surface area (Å²) in [6.45, 7) is 3.59. The van der Waals surface area contributed by atoms with Crippen LogP contribution >= 0.6 is 11.6 Å². The van der Waals surface area contributed by atoms with Gasteiger partial charge in [0.25, 0.3) is 5.91 Å². The maximum atomic E-state index is 11.8. The number of benzene rings is 2. The van der Waals surface area contributed by atoms with Crippen molar-refractivity contribution in [3.8, 4) is 0 Å². The van der Waals surface area contributed by atoms with E-state index in [9.17, 15) is 9.59 Å². The number of anilines is 1. The zero-order valence-corrected chi connectivity index (χ0v) is 13.8. The summed E-state index contributed by atoms with van der Waals surface area (Å²) in [5, 5.41) is 3.34. The minimum absolute atomic E-state index is 0.105. The maximum Gasteiger partial charge on any atom is 0.310 e. The van der Waals surface area contributed by atoms with E-state index in [1.807, 2.05) is 32.0 Å². The van der Waals surface area contributed by atoms with Crippen molar-refractivity contribution >= 4 is 29.2 Å². The van der Waals surface area contributed by atoms with Gasteiger partial charge in [-0.15, -0.1) is 0 Å². The van der Waals surface area contributed by atoms with Crippen LogP contribution in [0.1, 0.15) is 16.7 Å². The summed E-state index contributed by atoms with van der Waals surface area (Å²) in [4.78, 5) is 23.6. The molecule has 0 spiro atoms. The molecule has 0 aliphatic carbocycles. The molecule has 0 heterocycles. The van der Waals surface area contributed by atoms with Crippen molar-refractivity contribution in [2.45, 2.75) is 20.3 Å². The van der Waals surface area contributed by atoms with Crippen LogP contribution in [0.25, 0.3) is 0 Å². The van der Waals surface area contributed by atoms with Gasteiger partial charge in [-0.05, 0) is 43.2 Å². The van der Waals surface area contributed by atoms with Gasteiger partial charge in [0.2, 0.25) is 0 Å². The zero-order valence-electron chi connectivity index (χ0n) is 13.1. The van der Waals surface area contributed by atoms with Gasteiger partial charge >= 0.3 is 5.97 Å². The first-order valence-corrected chi connectivity index (χ1v) is 7.59. The van der Waals surface area contributed by atoms with Gasteiger partial charge in [0.1, 0.15) is 0 Å². The van der Waals surface area contributed by atoms with Crippen molar-refractivity contribution in [3.63, 3.8) is 0 Å². The molecule has 1 amide bonds. The fourth-order valence-electron chi connectivity index (χ4n) is 2.11. The lowest BCUT2D eigenvalue weighted by molar-refractivity contribution is -0.146. The zero-order chi connectivity index (χ0) is 16.8. The summed E-state index contributed by atoms with van der Waals surface area (Å²) in [6.07, 6.45) is 0.105. The Bertz CT molecular complexity index is 711. The first kappa shape index (κ1) is 17.0. The molecule has 120 valence electrons. The number of carbonyl (C=O) groups excluding carboxylic acids is 2. The van der Waals surface area contributed by atoms with Crippen LogP contribution in [-0.4, -0.2) is 18.5 Å². The average molecular weight is 332 g/mol. The third-order valence-corrected chi connectivity index (χ3v) is 3.53. The van der Waals surface area contributed by atoms with Crippen LogP contribution in [0.2, 0.25) is 5.02 Å². The number of nitrogens with one attached hydrogen (secondary N) is 1. The van der Waals surface area contributed by atoms with E-state index in [1.54, 1.807) is 24.3 Å². The van der Waals surface area contributed by atoms with E-state index >= 15 is 0 Å². The summed E-state index contributed by atoms with van der Waals surface area (Å²) >= 11 is 5.78. The number of hydrogen-bond acceptors (Lipinski definition) is 3. The molecular weight excluding hydrogens is 314 g/mol. The molecule has 0 atom stereocenters. The summed E-state index contributed by atoms with van der Waals surface area (Å²) < 4.78 is 4.99. The maximum absolute atomic E-state index is 11.8. The lowest BCUT2D eigenvalue weighted by Crippen LogP contribution is -2.22.